The zero-order chi connectivity index (χ0) is 35.4. The minimum absolute atomic E-state index is 0.574. The van der Waals surface area contributed by atoms with Crippen LogP contribution in [0.25, 0.3) is 61.9 Å². The van der Waals surface area contributed by atoms with E-state index in [0.717, 1.165) is 67.0 Å². The normalized spacial score (nSPS) is 12.0. The van der Waals surface area contributed by atoms with Crippen LogP contribution < -0.4 is 0 Å². The minimum Gasteiger partial charge on any atom is -0.454 e. The molecule has 4 heteroatoms. The van der Waals surface area contributed by atoms with Crippen molar-refractivity contribution in [1.82, 2.24) is 4.57 Å². The number of allylic oxidation sites excluding steroid dienone is 1. The monoisotopic (exact) mass is 671 g/mol. The molecule has 250 valence electrons. The van der Waals surface area contributed by atoms with Crippen LogP contribution in [0.5, 0.6) is 0 Å². The summed E-state index contributed by atoms with van der Waals surface area (Å²) in [5.41, 5.74) is 12.4. The van der Waals surface area contributed by atoms with E-state index in [1.54, 1.807) is 0 Å². The number of aryl methyl sites for hydroxylation is 1. The number of fused-ring (bicyclic) bond motifs is 2. The van der Waals surface area contributed by atoms with Crippen LogP contribution in [0.1, 0.15) is 27.8 Å². The molecule has 4 nitrogen and oxygen atoms in total. The summed E-state index contributed by atoms with van der Waals surface area (Å²) in [5.74, 6) is 1.41. The molecular formula is C48H37N3O. The smallest absolute Gasteiger partial charge is 0.159 e. The number of hydrogen-bond donors (Lipinski definition) is 0. The molecule has 2 aromatic heterocycles. The lowest BCUT2D eigenvalue weighted by atomic mass is 10.0. The Labute approximate surface area is 304 Å². The average molecular weight is 672 g/mol. The molecule has 0 unspecified atom stereocenters. The summed E-state index contributed by atoms with van der Waals surface area (Å²) in [6, 6.07) is 54.3. The first kappa shape index (κ1) is 32.4. The third-order valence-corrected chi connectivity index (χ3v) is 9.60. The number of amidine groups is 1. The molecule has 0 saturated carbocycles. The van der Waals surface area contributed by atoms with Gasteiger partial charge in [0.2, 0.25) is 0 Å². The molecule has 8 rings (SSSR count). The van der Waals surface area contributed by atoms with Gasteiger partial charge in [-0.05, 0) is 61.0 Å². The number of benzene rings is 6. The van der Waals surface area contributed by atoms with Gasteiger partial charge in [0.1, 0.15) is 5.58 Å². The topological polar surface area (TPSA) is 42.8 Å². The molecule has 0 spiro atoms. The van der Waals surface area contributed by atoms with Crippen LogP contribution in [-0.4, -0.2) is 17.1 Å². The lowest BCUT2D eigenvalue weighted by molar-refractivity contribution is 0.624. The van der Waals surface area contributed by atoms with Crippen LogP contribution >= 0.6 is 0 Å². The summed E-state index contributed by atoms with van der Waals surface area (Å²) in [6.07, 6.45) is 4.81. The van der Waals surface area contributed by atoms with Crippen molar-refractivity contribution in [3.63, 3.8) is 0 Å². The predicted octanol–water partition coefficient (Wildman–Crippen LogP) is 12.4. The molecule has 0 radical (unpaired) electrons. The Hall–Kier alpha value is -6.78. The second kappa shape index (κ2) is 14.2. The van der Waals surface area contributed by atoms with Gasteiger partial charge in [-0.1, -0.05) is 152 Å². The molecule has 0 N–H and O–H groups in total. The number of rotatable bonds is 9. The van der Waals surface area contributed by atoms with Gasteiger partial charge < -0.3 is 8.98 Å². The van der Waals surface area contributed by atoms with E-state index in [0.29, 0.717) is 12.3 Å². The maximum atomic E-state index is 6.57. The van der Waals surface area contributed by atoms with Gasteiger partial charge in [0.05, 0.1) is 16.9 Å². The fourth-order valence-electron chi connectivity index (χ4n) is 6.94. The Morgan fingerprint density at radius 1 is 0.673 bits per heavy atom. The molecule has 0 atom stereocenters. The van der Waals surface area contributed by atoms with Gasteiger partial charge in [-0.15, -0.1) is 0 Å². The number of furan rings is 1. The van der Waals surface area contributed by atoms with Crippen LogP contribution in [0.3, 0.4) is 0 Å². The van der Waals surface area contributed by atoms with Gasteiger partial charge in [-0.2, -0.15) is 0 Å². The van der Waals surface area contributed by atoms with Crippen molar-refractivity contribution in [1.29, 1.82) is 0 Å². The summed E-state index contributed by atoms with van der Waals surface area (Å²) >= 11 is 0. The van der Waals surface area contributed by atoms with Crippen molar-refractivity contribution < 1.29 is 4.42 Å². The van der Waals surface area contributed by atoms with Gasteiger partial charge in [-0.3, -0.25) is 0 Å². The number of aliphatic imine (C=N–C) groups is 2. The van der Waals surface area contributed by atoms with E-state index >= 15 is 0 Å². The highest BCUT2D eigenvalue weighted by molar-refractivity contribution is 6.04. The number of nitrogens with zero attached hydrogens (tertiary/aromatic N) is 3. The highest BCUT2D eigenvalue weighted by Gasteiger charge is 2.23. The summed E-state index contributed by atoms with van der Waals surface area (Å²) in [5, 5.41) is 2.22. The highest BCUT2D eigenvalue weighted by atomic mass is 16.3. The van der Waals surface area contributed by atoms with Crippen LogP contribution in [0, 0.1) is 6.92 Å². The Balaban J connectivity index is 1.22. The second-order valence-electron chi connectivity index (χ2n) is 12.7. The third-order valence-electron chi connectivity index (χ3n) is 9.60. The SMILES string of the molecule is C=Cc1c(-c2oc3ccccc3c2C)n(-c2ccc(/C(=C/Cc3ccc(-c4ccccc4)cc3)N=C(N=C)c3ccccc3)cc2)c2ccccc12. The van der Waals surface area contributed by atoms with Crippen molar-refractivity contribution in [2.24, 2.45) is 9.98 Å². The Bertz CT molecular complexity index is 2600. The molecule has 6 aromatic carbocycles. The first-order valence-electron chi connectivity index (χ1n) is 17.4. The lowest BCUT2D eigenvalue weighted by Gasteiger charge is -2.13. The van der Waals surface area contributed by atoms with E-state index in [1.807, 2.05) is 54.6 Å². The minimum atomic E-state index is 0.574. The zero-order valence-electron chi connectivity index (χ0n) is 29.0. The fraction of sp³-hybridized carbons (Fsp3) is 0.0417. The van der Waals surface area contributed by atoms with Crippen molar-refractivity contribution in [3.8, 4) is 28.3 Å². The maximum Gasteiger partial charge on any atom is 0.159 e. The van der Waals surface area contributed by atoms with Gasteiger partial charge in [-0.25, -0.2) is 9.98 Å². The lowest BCUT2D eigenvalue weighted by Crippen LogP contribution is -2.00. The quantitative estimate of drug-likeness (QED) is 0.111. The van der Waals surface area contributed by atoms with Gasteiger partial charge in [0.15, 0.2) is 11.6 Å². The molecule has 2 heterocycles. The molecule has 0 aliphatic heterocycles. The van der Waals surface area contributed by atoms with E-state index in [1.165, 1.54) is 16.7 Å². The van der Waals surface area contributed by atoms with Crippen molar-refractivity contribution in [2.45, 2.75) is 13.3 Å². The molecule has 8 aromatic rings. The number of aromatic nitrogens is 1. The van der Waals surface area contributed by atoms with E-state index in [9.17, 15) is 0 Å². The molecule has 0 saturated heterocycles. The molecule has 0 fully saturated rings. The molecule has 0 aliphatic rings. The Morgan fingerprint density at radius 2 is 1.31 bits per heavy atom. The van der Waals surface area contributed by atoms with Crippen molar-refractivity contribution in [3.05, 3.63) is 198 Å². The Kier molecular flexibility index (Phi) is 8.87. The first-order chi connectivity index (χ1) is 25.6. The van der Waals surface area contributed by atoms with Gasteiger partial charge in [0.25, 0.3) is 0 Å². The van der Waals surface area contributed by atoms with E-state index in [-0.39, 0.29) is 0 Å². The summed E-state index contributed by atoms with van der Waals surface area (Å²) in [7, 11) is 0. The molecule has 0 bridgehead atoms. The first-order valence-corrected chi connectivity index (χ1v) is 17.4. The van der Waals surface area contributed by atoms with E-state index < -0.39 is 0 Å². The van der Waals surface area contributed by atoms with Gasteiger partial charge >= 0.3 is 0 Å². The molecule has 0 aliphatic carbocycles. The Morgan fingerprint density at radius 3 is 2.00 bits per heavy atom. The number of para-hydroxylation sites is 2. The van der Waals surface area contributed by atoms with Crippen LogP contribution in [-0.2, 0) is 6.42 Å². The molecule has 0 amide bonds. The van der Waals surface area contributed by atoms with E-state index in [4.69, 9.17) is 9.41 Å². The van der Waals surface area contributed by atoms with Gasteiger partial charge in [0, 0.05) is 38.7 Å². The van der Waals surface area contributed by atoms with Crippen molar-refractivity contribution >= 4 is 46.2 Å². The summed E-state index contributed by atoms with van der Waals surface area (Å²) in [6.45, 7) is 10.2. The molecule has 52 heavy (non-hydrogen) atoms. The highest BCUT2D eigenvalue weighted by Crippen LogP contribution is 2.42. The average Bonchev–Trinajstić information content (AvgIpc) is 3.73. The predicted molar refractivity (Wildman–Crippen MR) is 219 cm³/mol. The second-order valence-corrected chi connectivity index (χ2v) is 12.7. The summed E-state index contributed by atoms with van der Waals surface area (Å²) in [4.78, 5) is 9.44. The third kappa shape index (κ3) is 6.12. The van der Waals surface area contributed by atoms with Crippen LogP contribution in [0.2, 0.25) is 0 Å². The number of hydrogen-bond acceptors (Lipinski definition) is 2. The maximum absolute atomic E-state index is 6.57. The van der Waals surface area contributed by atoms with Crippen molar-refractivity contribution in [2.75, 3.05) is 0 Å². The van der Waals surface area contributed by atoms with Crippen LogP contribution in [0.4, 0.5) is 0 Å². The van der Waals surface area contributed by atoms with E-state index in [2.05, 4.69) is 145 Å². The standard InChI is InChI=1S/C48H37N3O/c1-4-40-42-20-11-13-21-44(42)51(46(40)47-33(2)41-19-12-14-22-45(41)52-47)39-30-28-37(29-31-39)43(50-48(49-3)38-17-9-6-10-18-38)32-25-34-23-26-36(27-24-34)35-15-7-5-8-16-35/h4-24,26-32H,1,3,25H2,2H3/b43-32-,50-48?. The largest absolute Gasteiger partial charge is 0.454 e. The zero-order valence-corrected chi connectivity index (χ0v) is 29.0. The van der Waals surface area contributed by atoms with Crippen LogP contribution in [0.15, 0.2) is 185 Å². The molecular weight excluding hydrogens is 635 g/mol. The fourth-order valence-corrected chi connectivity index (χ4v) is 6.94. The summed E-state index contributed by atoms with van der Waals surface area (Å²) < 4.78 is 8.85.